The zero-order chi connectivity index (χ0) is 14.3. The minimum Gasteiger partial charge on any atom is -0.480 e. The van der Waals surface area contributed by atoms with E-state index in [1.165, 1.54) is 0 Å². The summed E-state index contributed by atoms with van der Waals surface area (Å²) in [5, 5.41) is 10.5. The number of hydrogen-bond acceptors (Lipinski definition) is 4. The van der Waals surface area contributed by atoms with Crippen molar-refractivity contribution in [1.29, 1.82) is 0 Å². The highest BCUT2D eigenvalue weighted by molar-refractivity contribution is 5.95. The molecule has 2 N–H and O–H groups in total. The van der Waals surface area contributed by atoms with Crippen LogP contribution >= 0.6 is 0 Å². The molecule has 0 aliphatic carbocycles. The third kappa shape index (κ3) is 5.69. The number of carbonyl (C=O) groups is 3. The molecule has 0 radical (unpaired) electrons. The summed E-state index contributed by atoms with van der Waals surface area (Å²) >= 11 is 0. The number of aliphatic carboxylic acids is 1. The second-order valence-corrected chi connectivity index (χ2v) is 4.60. The molecule has 19 heavy (non-hydrogen) atoms. The van der Waals surface area contributed by atoms with Gasteiger partial charge in [0.25, 0.3) is 5.91 Å². The van der Waals surface area contributed by atoms with Crippen LogP contribution < -0.4 is 5.32 Å². The number of carboxylic acid groups (broad SMARTS) is 1. The molecular formula is C12H20N2O5. The fraction of sp³-hybridized carbons (Fsp3) is 0.750. The smallest absolute Gasteiger partial charge is 0.329 e. The van der Waals surface area contributed by atoms with Crippen LogP contribution in [0, 0.1) is 5.92 Å². The average Bonchev–Trinajstić information content (AvgIpc) is 2.38. The van der Waals surface area contributed by atoms with E-state index in [0.29, 0.717) is 19.0 Å². The summed E-state index contributed by atoms with van der Waals surface area (Å²) in [6.45, 7) is 2.40. The van der Waals surface area contributed by atoms with Gasteiger partial charge in [0.15, 0.2) is 0 Å². The number of rotatable bonds is 5. The Bertz CT molecular complexity index is 345. The number of carbonyl (C=O) groups excluding carboxylic acids is 2. The second-order valence-electron chi connectivity index (χ2n) is 4.60. The first-order valence-corrected chi connectivity index (χ1v) is 6.41. The highest BCUT2D eigenvalue weighted by atomic mass is 16.5. The van der Waals surface area contributed by atoms with E-state index in [0.717, 1.165) is 19.3 Å². The quantitative estimate of drug-likeness (QED) is 0.757. The number of carboxylic acids is 1. The number of likely N-dealkylation sites (tertiary alicyclic amines) is 1. The maximum absolute atomic E-state index is 11.8. The van der Waals surface area contributed by atoms with Crippen molar-refractivity contribution in [1.82, 2.24) is 10.2 Å². The molecule has 108 valence electrons. The van der Waals surface area contributed by atoms with E-state index < -0.39 is 31.1 Å². The fourth-order valence-corrected chi connectivity index (χ4v) is 2.05. The minimum atomic E-state index is -1.15. The Morgan fingerprint density at radius 2 is 2.11 bits per heavy atom. The van der Waals surface area contributed by atoms with E-state index >= 15 is 0 Å². The number of nitrogens with one attached hydrogen (secondary N) is 1. The first kappa shape index (κ1) is 15.4. The third-order valence-electron chi connectivity index (χ3n) is 3.09. The Kier molecular flexibility index (Phi) is 6.27. The molecule has 7 heteroatoms. The van der Waals surface area contributed by atoms with Crippen LogP contribution in [0.5, 0.6) is 0 Å². The number of imide groups is 1. The number of amides is 3. The SMILES string of the molecule is CCC1CCCN(C(=O)NC(=O)COCC(=O)O)C1. The lowest BCUT2D eigenvalue weighted by molar-refractivity contribution is -0.143. The zero-order valence-electron chi connectivity index (χ0n) is 11.1. The molecule has 7 nitrogen and oxygen atoms in total. The maximum Gasteiger partial charge on any atom is 0.329 e. The Morgan fingerprint density at radius 3 is 2.74 bits per heavy atom. The molecule has 0 aromatic carbocycles. The summed E-state index contributed by atoms with van der Waals surface area (Å²) in [5.74, 6) is -1.29. The van der Waals surface area contributed by atoms with E-state index in [9.17, 15) is 14.4 Å². The average molecular weight is 272 g/mol. The van der Waals surface area contributed by atoms with Crippen LogP contribution in [0.1, 0.15) is 26.2 Å². The van der Waals surface area contributed by atoms with E-state index in [-0.39, 0.29) is 0 Å². The molecule has 0 saturated carbocycles. The summed E-state index contributed by atoms with van der Waals surface area (Å²) in [7, 11) is 0. The zero-order valence-corrected chi connectivity index (χ0v) is 11.1. The number of nitrogens with zero attached hydrogens (tertiary/aromatic N) is 1. The van der Waals surface area contributed by atoms with Gasteiger partial charge in [0.05, 0.1) is 0 Å². The van der Waals surface area contributed by atoms with Crippen LogP contribution in [-0.4, -0.2) is 54.2 Å². The van der Waals surface area contributed by atoms with Gasteiger partial charge >= 0.3 is 12.0 Å². The van der Waals surface area contributed by atoms with Crippen molar-refractivity contribution >= 4 is 17.9 Å². The van der Waals surface area contributed by atoms with E-state index in [2.05, 4.69) is 17.0 Å². The lowest BCUT2D eigenvalue weighted by Gasteiger charge is -2.31. The Hall–Kier alpha value is -1.63. The lowest BCUT2D eigenvalue weighted by atomic mass is 9.96. The highest BCUT2D eigenvalue weighted by Gasteiger charge is 2.23. The summed E-state index contributed by atoms with van der Waals surface area (Å²) < 4.78 is 4.61. The fourth-order valence-electron chi connectivity index (χ4n) is 2.05. The molecule has 0 bridgehead atoms. The second kappa shape index (κ2) is 7.73. The first-order chi connectivity index (χ1) is 9.02. The predicted molar refractivity (Wildman–Crippen MR) is 66.6 cm³/mol. The molecule has 1 heterocycles. The van der Waals surface area contributed by atoms with Crippen molar-refractivity contribution in [3.8, 4) is 0 Å². The van der Waals surface area contributed by atoms with Crippen LogP contribution in [0.25, 0.3) is 0 Å². The van der Waals surface area contributed by atoms with Crippen molar-refractivity contribution in [3.63, 3.8) is 0 Å². The van der Waals surface area contributed by atoms with E-state index in [1.54, 1.807) is 4.90 Å². The molecule has 3 amide bonds. The van der Waals surface area contributed by atoms with Gasteiger partial charge in [-0.15, -0.1) is 0 Å². The van der Waals surface area contributed by atoms with Crippen LogP contribution in [0.3, 0.4) is 0 Å². The Labute approximate surface area is 111 Å². The summed E-state index contributed by atoms with van der Waals surface area (Å²) in [5.41, 5.74) is 0. The van der Waals surface area contributed by atoms with Crippen molar-refractivity contribution in [3.05, 3.63) is 0 Å². The van der Waals surface area contributed by atoms with Gasteiger partial charge in [0.1, 0.15) is 13.2 Å². The summed E-state index contributed by atoms with van der Waals surface area (Å²) in [4.78, 5) is 34.9. The summed E-state index contributed by atoms with van der Waals surface area (Å²) in [6.07, 6.45) is 3.06. The van der Waals surface area contributed by atoms with Gasteiger partial charge in [0.2, 0.25) is 0 Å². The van der Waals surface area contributed by atoms with Gasteiger partial charge in [-0.3, -0.25) is 10.1 Å². The van der Waals surface area contributed by atoms with Gasteiger partial charge in [-0.1, -0.05) is 13.3 Å². The first-order valence-electron chi connectivity index (χ1n) is 6.41. The number of piperidine rings is 1. The van der Waals surface area contributed by atoms with Crippen LogP contribution in [0.15, 0.2) is 0 Å². The molecule has 1 unspecified atom stereocenters. The van der Waals surface area contributed by atoms with Gasteiger partial charge in [-0.25, -0.2) is 9.59 Å². The Balaban J connectivity index is 2.29. The van der Waals surface area contributed by atoms with Gasteiger partial charge in [-0.2, -0.15) is 0 Å². The van der Waals surface area contributed by atoms with Crippen molar-refractivity contribution in [2.75, 3.05) is 26.3 Å². The highest BCUT2D eigenvalue weighted by Crippen LogP contribution is 2.18. The predicted octanol–water partition coefficient (Wildman–Crippen LogP) is 0.446. The maximum atomic E-state index is 11.8. The number of urea groups is 1. The van der Waals surface area contributed by atoms with Gasteiger partial charge in [0, 0.05) is 13.1 Å². The minimum absolute atomic E-state index is 0.427. The van der Waals surface area contributed by atoms with Crippen molar-refractivity contribution in [2.45, 2.75) is 26.2 Å². The molecule has 0 aromatic rings. The Morgan fingerprint density at radius 1 is 1.37 bits per heavy atom. The monoisotopic (exact) mass is 272 g/mol. The van der Waals surface area contributed by atoms with Crippen molar-refractivity contribution in [2.24, 2.45) is 5.92 Å². The molecule has 1 rings (SSSR count). The van der Waals surface area contributed by atoms with Crippen LogP contribution in [0.2, 0.25) is 0 Å². The molecule has 0 aromatic heterocycles. The molecule has 1 atom stereocenters. The number of ether oxygens (including phenoxy) is 1. The lowest BCUT2D eigenvalue weighted by Crippen LogP contribution is -2.48. The van der Waals surface area contributed by atoms with Crippen molar-refractivity contribution < 1.29 is 24.2 Å². The normalized spacial score (nSPS) is 19.0. The van der Waals surface area contributed by atoms with E-state index in [1.807, 2.05) is 0 Å². The van der Waals surface area contributed by atoms with Gasteiger partial charge in [-0.05, 0) is 18.8 Å². The van der Waals surface area contributed by atoms with Crippen LogP contribution in [-0.2, 0) is 14.3 Å². The molecule has 1 saturated heterocycles. The van der Waals surface area contributed by atoms with Gasteiger partial charge < -0.3 is 14.7 Å². The molecule has 0 spiro atoms. The topological polar surface area (TPSA) is 95.9 Å². The number of hydrogen-bond donors (Lipinski definition) is 2. The van der Waals surface area contributed by atoms with Crippen LogP contribution in [0.4, 0.5) is 4.79 Å². The molecule has 1 aliphatic heterocycles. The largest absolute Gasteiger partial charge is 0.480 e. The molecule has 1 aliphatic rings. The summed E-state index contributed by atoms with van der Waals surface area (Å²) in [6, 6.07) is -0.429. The molecular weight excluding hydrogens is 252 g/mol. The van der Waals surface area contributed by atoms with E-state index in [4.69, 9.17) is 5.11 Å². The standard InChI is InChI=1S/C12H20N2O5/c1-2-9-4-3-5-14(6-9)12(18)13-10(15)7-19-8-11(16)17/h9H,2-8H2,1H3,(H,16,17)(H,13,15,18). The third-order valence-corrected chi connectivity index (χ3v) is 3.09. The molecule has 1 fully saturated rings.